The molecule has 5 N–H and O–H groups in total. The molecule has 2 aliphatic rings. The summed E-state index contributed by atoms with van der Waals surface area (Å²) >= 11 is 0. The van der Waals surface area contributed by atoms with Crippen LogP contribution in [0.1, 0.15) is 188 Å². The smallest absolute Gasteiger partial charge is 0.404 e. The zero-order valence-electron chi connectivity index (χ0n) is 65.1. The van der Waals surface area contributed by atoms with E-state index in [9.17, 15) is 29.1 Å². The maximum absolute atomic E-state index is 15.4. The number of carbonyl (C=O) groups excluding carboxylic acids is 12. The fourth-order valence-corrected chi connectivity index (χ4v) is 13.5. The molecule has 0 aromatic rings. The molecule has 0 saturated carbocycles. The number of carbonyl (C=O) groups is 12. The molecule has 27 heteroatoms. The number of morpholine rings is 1. The first-order valence-electron chi connectivity index (χ1n) is 36.6. The van der Waals surface area contributed by atoms with Gasteiger partial charge in [-0.15, -0.1) is 0 Å². The highest BCUT2D eigenvalue weighted by Crippen LogP contribution is 2.29. The van der Waals surface area contributed by atoms with Gasteiger partial charge in [-0.2, -0.15) is 0 Å². The van der Waals surface area contributed by atoms with Gasteiger partial charge in [-0.3, -0.25) is 57.6 Å². The molecule has 2 fully saturated rings. The van der Waals surface area contributed by atoms with Gasteiger partial charge in [-0.1, -0.05) is 103 Å². The molecule has 0 bridgehead atoms. The van der Waals surface area contributed by atoms with Crippen molar-refractivity contribution in [3.8, 4) is 0 Å². The van der Waals surface area contributed by atoms with Crippen molar-refractivity contribution in [1.29, 1.82) is 0 Å². The second kappa shape index (κ2) is 42.9. The van der Waals surface area contributed by atoms with E-state index in [4.69, 9.17) is 19.9 Å². The predicted octanol–water partition coefficient (Wildman–Crippen LogP) is 5.00. The third kappa shape index (κ3) is 26.5. The highest BCUT2D eigenvalue weighted by molar-refractivity contribution is 6.00. The lowest BCUT2D eigenvalue weighted by Gasteiger charge is -2.41. The number of Topliss-reactive ketones (excluding diaryl/α,β-unsaturated/α-hetero) is 2. The number of primary amides is 1. The van der Waals surface area contributed by atoms with Gasteiger partial charge < -0.3 is 70.0 Å². The summed E-state index contributed by atoms with van der Waals surface area (Å²) in [6, 6.07) is -11.5. The lowest BCUT2D eigenvalue weighted by Crippen LogP contribution is -2.64. The quantitative estimate of drug-likeness (QED) is 0.0924. The molecular formula is C73H131N11O16. The van der Waals surface area contributed by atoms with Crippen molar-refractivity contribution in [2.24, 2.45) is 53.1 Å². The van der Waals surface area contributed by atoms with Crippen molar-refractivity contribution in [2.75, 3.05) is 95.4 Å². The van der Waals surface area contributed by atoms with E-state index in [1.165, 1.54) is 87.7 Å². The lowest BCUT2D eigenvalue weighted by atomic mass is 9.85. The number of hydrogen-bond acceptors (Lipinski definition) is 17. The Morgan fingerprint density at radius 3 is 1.55 bits per heavy atom. The maximum Gasteiger partial charge on any atom is 0.404 e. The summed E-state index contributed by atoms with van der Waals surface area (Å²) in [5.74, 6) is -11.2. The number of nitrogens with zero attached hydrogens (tertiary/aromatic N) is 8. The predicted molar refractivity (Wildman–Crippen MR) is 382 cm³/mol. The molecule has 0 radical (unpaired) electrons. The molecule has 0 unspecified atom stereocenters. The number of unbranched alkanes of at least 4 members (excludes halogenated alkanes) is 3. The molecule has 27 nitrogen and oxygen atoms in total. The van der Waals surface area contributed by atoms with Crippen LogP contribution in [0.3, 0.4) is 0 Å². The van der Waals surface area contributed by atoms with Crippen LogP contribution in [-0.4, -0.2) is 277 Å². The van der Waals surface area contributed by atoms with E-state index in [1.54, 1.807) is 55.4 Å². The minimum Gasteiger partial charge on any atom is -0.450 e. The third-order valence-electron chi connectivity index (χ3n) is 20.0. The van der Waals surface area contributed by atoms with Gasteiger partial charge in [-0.05, 0) is 114 Å². The fourth-order valence-electron chi connectivity index (χ4n) is 13.5. The molecule has 0 spiro atoms. The molecule has 2 heterocycles. The standard InChI is InChI=1S/C73H131N11O16/c1-24-54-69(93)77(17)51(15)67(91)82(22)61(52(16)99-34-29-27-31-84-32-36-98-37-33-84)59(86)42-53(46(8)9)68(92)78(18)55(38-43(2)3)58(85)41-49(13)64(88)75-50(14)66(90)79(19)56(39-44(4)5)70(94)80(20)57(40-45(6)7)71(95)81(21)60(47(10)11)72(96)83(23)62(65(89)76-54)63(87)48(12)30-26-25-28-35-100-73(74)97/h43-57,60-63,87H,24-42H2,1-23H3,(H2,74,97)(H,75,88)(H,76,89)/t48-,49-,50-,51-,52-,53+,54+,55+,56+,57+,60+,61+,62+,63-/m1/s1. The number of rotatable bonds is 24. The number of aliphatic hydroxyl groups excluding tert-OH is 1. The van der Waals surface area contributed by atoms with Crippen LogP contribution in [0, 0.1) is 47.3 Å². The van der Waals surface area contributed by atoms with Crippen molar-refractivity contribution in [3.63, 3.8) is 0 Å². The van der Waals surface area contributed by atoms with Gasteiger partial charge in [0, 0.05) is 93.7 Å². The zero-order chi connectivity index (χ0) is 76.5. The molecule has 2 aliphatic heterocycles. The Morgan fingerprint density at radius 1 is 0.530 bits per heavy atom. The highest BCUT2D eigenvalue weighted by Gasteiger charge is 2.47. The van der Waals surface area contributed by atoms with Crippen molar-refractivity contribution in [3.05, 3.63) is 0 Å². The molecule has 0 aromatic carbocycles. The summed E-state index contributed by atoms with van der Waals surface area (Å²) in [6.45, 7) is 31.8. The SMILES string of the molecule is CC[C@@H]1NC(=O)[C@H]([C@H](O)[C@H](C)CCCCCOC(N)=O)N(C)C(=O)[C@H](C(C)C)N(C)C(=O)[C@H](CC(C)C)N(C)C(=O)[C@H](CC(C)C)N(C)C(=O)[C@@H](C)NC(=O)[C@H](C)CC(=O)[C@H](CC(C)C)N(C)C(=O)[C@H](C(C)C)CC(=O)[C@H]([C@@H](C)OCCCCN2CCOCC2)N(C)C(=O)[C@@H](C)N(C)C1=O. The van der Waals surface area contributed by atoms with Crippen molar-refractivity contribution in [1.82, 2.24) is 49.8 Å². The number of likely N-dealkylation sites (N-methyl/N-ethyl adjacent to an activating group) is 7. The van der Waals surface area contributed by atoms with Crippen LogP contribution in [0.4, 0.5) is 4.79 Å². The Morgan fingerprint density at radius 2 is 1.03 bits per heavy atom. The third-order valence-corrected chi connectivity index (χ3v) is 20.0. The van der Waals surface area contributed by atoms with Gasteiger partial charge in [0.25, 0.3) is 0 Å². The van der Waals surface area contributed by atoms with E-state index in [1.807, 2.05) is 41.5 Å². The number of aliphatic hydroxyl groups is 1. The number of amides is 10. The molecule has 574 valence electrons. The summed E-state index contributed by atoms with van der Waals surface area (Å²) in [7, 11) is 10.0. The van der Waals surface area contributed by atoms with Crippen molar-refractivity contribution < 1.29 is 76.9 Å². The van der Waals surface area contributed by atoms with E-state index in [2.05, 4.69) is 15.5 Å². The number of nitrogens with one attached hydrogen (secondary N) is 2. The van der Waals surface area contributed by atoms with Crippen LogP contribution in [0.2, 0.25) is 0 Å². The average molecular weight is 1420 g/mol. The van der Waals surface area contributed by atoms with Crippen LogP contribution in [0.15, 0.2) is 0 Å². The molecule has 100 heavy (non-hydrogen) atoms. The summed E-state index contributed by atoms with van der Waals surface area (Å²) in [6.07, 6.45) is -0.425. The zero-order valence-corrected chi connectivity index (χ0v) is 65.1. The summed E-state index contributed by atoms with van der Waals surface area (Å²) in [5, 5.41) is 18.0. The Hall–Kier alpha value is -6.32. The first kappa shape index (κ1) is 89.8. The Balaban J connectivity index is 3.02. The molecule has 2 saturated heterocycles. The highest BCUT2D eigenvalue weighted by atomic mass is 16.5. The van der Waals surface area contributed by atoms with Gasteiger partial charge in [0.15, 0.2) is 11.6 Å². The van der Waals surface area contributed by atoms with Crippen molar-refractivity contribution >= 4 is 70.8 Å². The number of ketones is 2. The van der Waals surface area contributed by atoms with E-state index in [-0.39, 0.29) is 69.5 Å². The van der Waals surface area contributed by atoms with Gasteiger partial charge in [0.1, 0.15) is 48.3 Å². The van der Waals surface area contributed by atoms with Gasteiger partial charge in [0.2, 0.25) is 53.2 Å². The van der Waals surface area contributed by atoms with Crippen LogP contribution >= 0.6 is 0 Å². The van der Waals surface area contributed by atoms with Crippen LogP contribution in [0.5, 0.6) is 0 Å². The topological polar surface area (TPSA) is 329 Å². The van der Waals surface area contributed by atoms with E-state index < -0.39 is 167 Å². The average Bonchev–Trinajstić information content (AvgIpc) is 0.809. The molecule has 14 atom stereocenters. The maximum atomic E-state index is 15.4. The van der Waals surface area contributed by atoms with Gasteiger partial charge >= 0.3 is 6.09 Å². The normalized spacial score (nSPS) is 26.8. The summed E-state index contributed by atoms with van der Waals surface area (Å²) in [4.78, 5) is 187. The first-order chi connectivity index (χ1) is 46.6. The number of hydrogen-bond donors (Lipinski definition) is 4. The van der Waals surface area contributed by atoms with Gasteiger partial charge in [0.05, 0.1) is 38.1 Å². The van der Waals surface area contributed by atoms with Crippen LogP contribution in [-0.2, 0) is 67.0 Å². The van der Waals surface area contributed by atoms with Crippen LogP contribution < -0.4 is 16.4 Å². The Bertz CT molecular complexity index is 2690. The van der Waals surface area contributed by atoms with Gasteiger partial charge in [-0.25, -0.2) is 4.79 Å². The largest absolute Gasteiger partial charge is 0.450 e. The molecule has 0 aromatic heterocycles. The summed E-state index contributed by atoms with van der Waals surface area (Å²) in [5.41, 5.74) is 5.15. The second-order valence-electron chi connectivity index (χ2n) is 30.3. The molecule has 10 amide bonds. The van der Waals surface area contributed by atoms with E-state index in [0.717, 1.165) is 35.9 Å². The van der Waals surface area contributed by atoms with E-state index >= 15 is 33.6 Å². The summed E-state index contributed by atoms with van der Waals surface area (Å²) < 4.78 is 16.8. The Kier molecular flexibility index (Phi) is 38.6. The lowest BCUT2D eigenvalue weighted by molar-refractivity contribution is -0.157. The van der Waals surface area contributed by atoms with Crippen molar-refractivity contribution in [2.45, 2.75) is 254 Å². The molecular weight excluding hydrogens is 1290 g/mol. The Labute approximate surface area is 598 Å². The molecule has 0 aliphatic carbocycles. The fraction of sp³-hybridized carbons (Fsp3) is 0.836. The van der Waals surface area contributed by atoms with Crippen LogP contribution in [0.25, 0.3) is 0 Å². The monoisotopic (exact) mass is 1420 g/mol. The first-order valence-corrected chi connectivity index (χ1v) is 36.6. The second-order valence-corrected chi connectivity index (χ2v) is 30.3. The number of nitrogens with two attached hydrogens (primary N) is 1. The van der Waals surface area contributed by atoms with E-state index in [0.29, 0.717) is 45.3 Å². The number of ether oxygens (including phenoxy) is 3. The molecule has 2 rings (SSSR count). The minimum atomic E-state index is -1.69. The minimum absolute atomic E-state index is 0.0281.